The van der Waals surface area contributed by atoms with E-state index >= 15 is 0 Å². The molecule has 0 radical (unpaired) electrons. The van der Waals surface area contributed by atoms with E-state index in [0.717, 1.165) is 30.0 Å². The van der Waals surface area contributed by atoms with Crippen molar-refractivity contribution in [2.75, 3.05) is 11.9 Å². The molecule has 0 bridgehead atoms. The van der Waals surface area contributed by atoms with Crippen molar-refractivity contribution in [1.29, 1.82) is 0 Å². The molecular weight excluding hydrogens is 305 g/mol. The minimum Gasteiger partial charge on any atom is -0.494 e. The molecule has 112 valence electrons. The molecule has 2 aromatic rings. The highest BCUT2D eigenvalue weighted by molar-refractivity contribution is 6.39. The van der Waals surface area contributed by atoms with Crippen molar-refractivity contribution in [1.82, 2.24) is 0 Å². The van der Waals surface area contributed by atoms with E-state index in [0.29, 0.717) is 10.0 Å². The largest absolute Gasteiger partial charge is 0.494 e. The van der Waals surface area contributed by atoms with E-state index < -0.39 is 0 Å². The maximum absolute atomic E-state index is 6.18. The lowest BCUT2D eigenvalue weighted by molar-refractivity contribution is 0.317. The highest BCUT2D eigenvalue weighted by Crippen LogP contribution is 2.33. The number of halogens is 2. The van der Waals surface area contributed by atoms with Crippen LogP contribution in [0.1, 0.15) is 31.9 Å². The van der Waals surface area contributed by atoms with E-state index in [9.17, 15) is 0 Å². The molecule has 0 amide bonds. The van der Waals surface area contributed by atoms with Gasteiger partial charge in [0.2, 0.25) is 0 Å². The van der Waals surface area contributed by atoms with Crippen molar-refractivity contribution in [3.63, 3.8) is 0 Å². The second kappa shape index (κ2) is 7.58. The molecule has 1 N–H and O–H groups in total. The van der Waals surface area contributed by atoms with Crippen LogP contribution < -0.4 is 10.1 Å². The maximum atomic E-state index is 6.18. The van der Waals surface area contributed by atoms with Crippen molar-refractivity contribution in [3.8, 4) is 5.75 Å². The van der Waals surface area contributed by atoms with Gasteiger partial charge < -0.3 is 10.1 Å². The Hall–Kier alpha value is -1.38. The first-order valence-corrected chi connectivity index (χ1v) is 7.80. The van der Waals surface area contributed by atoms with Gasteiger partial charge in [-0.2, -0.15) is 0 Å². The molecule has 0 heterocycles. The van der Waals surface area contributed by atoms with Gasteiger partial charge in [0.1, 0.15) is 5.75 Å². The van der Waals surface area contributed by atoms with Gasteiger partial charge in [-0.3, -0.25) is 0 Å². The summed E-state index contributed by atoms with van der Waals surface area (Å²) < 4.78 is 5.58. The van der Waals surface area contributed by atoms with Crippen molar-refractivity contribution in [2.24, 2.45) is 0 Å². The normalized spacial score (nSPS) is 12.0. The number of rotatable bonds is 6. The fourth-order valence-electron chi connectivity index (χ4n) is 2.01. The fourth-order valence-corrected chi connectivity index (χ4v) is 2.51. The van der Waals surface area contributed by atoms with Gasteiger partial charge in [-0.25, -0.2) is 0 Å². The van der Waals surface area contributed by atoms with Gasteiger partial charge in [-0.1, -0.05) is 48.3 Å². The van der Waals surface area contributed by atoms with Gasteiger partial charge in [0, 0.05) is 6.04 Å². The molecule has 0 aliphatic carbocycles. The Bertz CT molecular complexity index is 564. The molecular formula is C17H19Cl2NO. The number of benzene rings is 2. The van der Waals surface area contributed by atoms with Gasteiger partial charge in [0.25, 0.3) is 0 Å². The van der Waals surface area contributed by atoms with Gasteiger partial charge >= 0.3 is 0 Å². The second-order valence-electron chi connectivity index (χ2n) is 4.88. The number of hydrogen-bond donors (Lipinski definition) is 1. The molecule has 0 fully saturated rings. The molecule has 2 aromatic carbocycles. The monoisotopic (exact) mass is 323 g/mol. The molecule has 21 heavy (non-hydrogen) atoms. The third kappa shape index (κ3) is 4.29. The van der Waals surface area contributed by atoms with E-state index in [1.807, 2.05) is 42.5 Å². The highest BCUT2D eigenvalue weighted by atomic mass is 35.5. The lowest BCUT2D eigenvalue weighted by Crippen LogP contribution is -2.07. The van der Waals surface area contributed by atoms with Crippen LogP contribution in [0, 0.1) is 0 Å². The van der Waals surface area contributed by atoms with Crippen LogP contribution in [-0.2, 0) is 0 Å². The Labute approximate surface area is 136 Å². The van der Waals surface area contributed by atoms with E-state index in [-0.39, 0.29) is 6.04 Å². The first-order valence-electron chi connectivity index (χ1n) is 7.05. The zero-order chi connectivity index (χ0) is 15.2. The van der Waals surface area contributed by atoms with Crippen molar-refractivity contribution in [2.45, 2.75) is 26.3 Å². The Morgan fingerprint density at radius 3 is 2.24 bits per heavy atom. The van der Waals surface area contributed by atoms with Crippen LogP contribution in [0.25, 0.3) is 0 Å². The van der Waals surface area contributed by atoms with E-state index in [2.05, 4.69) is 19.2 Å². The van der Waals surface area contributed by atoms with Crippen LogP contribution in [0.4, 0.5) is 5.69 Å². The molecule has 0 saturated heterocycles. The van der Waals surface area contributed by atoms with E-state index in [4.69, 9.17) is 27.9 Å². The molecule has 0 aliphatic heterocycles. The Morgan fingerprint density at radius 1 is 1.05 bits per heavy atom. The Balaban J connectivity index is 2.08. The third-order valence-electron chi connectivity index (χ3n) is 3.18. The summed E-state index contributed by atoms with van der Waals surface area (Å²) in [5, 5.41) is 4.60. The third-order valence-corrected chi connectivity index (χ3v) is 3.81. The summed E-state index contributed by atoms with van der Waals surface area (Å²) in [7, 11) is 0. The topological polar surface area (TPSA) is 21.3 Å². The zero-order valence-electron chi connectivity index (χ0n) is 12.2. The Kier molecular flexibility index (Phi) is 5.77. The van der Waals surface area contributed by atoms with Crippen LogP contribution in [0.2, 0.25) is 10.0 Å². The minimum atomic E-state index is 0.0997. The number of hydrogen-bond acceptors (Lipinski definition) is 2. The average Bonchev–Trinajstić information content (AvgIpc) is 2.49. The van der Waals surface area contributed by atoms with E-state index in [1.165, 1.54) is 0 Å². The summed E-state index contributed by atoms with van der Waals surface area (Å²) >= 11 is 12.4. The van der Waals surface area contributed by atoms with Crippen molar-refractivity contribution >= 4 is 28.9 Å². The van der Waals surface area contributed by atoms with Crippen LogP contribution in [0.3, 0.4) is 0 Å². The number of para-hydroxylation sites is 1. The predicted molar refractivity (Wildman–Crippen MR) is 90.7 cm³/mol. The minimum absolute atomic E-state index is 0.0997. The summed E-state index contributed by atoms with van der Waals surface area (Å²) in [5.41, 5.74) is 1.91. The van der Waals surface area contributed by atoms with Gasteiger partial charge in [0.05, 0.1) is 22.3 Å². The Morgan fingerprint density at radius 2 is 1.67 bits per heavy atom. The van der Waals surface area contributed by atoms with Crippen molar-refractivity contribution in [3.05, 3.63) is 58.1 Å². The van der Waals surface area contributed by atoms with Crippen LogP contribution in [-0.4, -0.2) is 6.61 Å². The molecule has 4 heteroatoms. The maximum Gasteiger partial charge on any atom is 0.119 e. The standard InChI is InChI=1S/C17H19Cl2NO/c1-3-11-21-14-9-7-13(8-10-14)12(2)20-17-15(18)5-4-6-16(17)19/h4-10,12,20H,3,11H2,1-2H3. The van der Waals surface area contributed by atoms with Crippen LogP contribution in [0.15, 0.2) is 42.5 Å². The summed E-state index contributed by atoms with van der Waals surface area (Å²) in [5.74, 6) is 0.892. The summed E-state index contributed by atoms with van der Waals surface area (Å²) in [6, 6.07) is 13.6. The number of nitrogens with one attached hydrogen (secondary N) is 1. The van der Waals surface area contributed by atoms with E-state index in [1.54, 1.807) is 0 Å². The predicted octanol–water partition coefficient (Wildman–Crippen LogP) is 5.96. The fraction of sp³-hybridized carbons (Fsp3) is 0.294. The van der Waals surface area contributed by atoms with Crippen molar-refractivity contribution < 1.29 is 4.74 Å². The summed E-state index contributed by atoms with van der Waals surface area (Å²) in [4.78, 5) is 0. The average molecular weight is 324 g/mol. The summed E-state index contributed by atoms with van der Waals surface area (Å²) in [6.45, 7) is 4.90. The van der Waals surface area contributed by atoms with Gasteiger partial charge in [-0.15, -0.1) is 0 Å². The molecule has 0 aromatic heterocycles. The molecule has 0 aliphatic rings. The SMILES string of the molecule is CCCOc1ccc(C(C)Nc2c(Cl)cccc2Cl)cc1. The van der Waals surface area contributed by atoms with Gasteiger partial charge in [0.15, 0.2) is 0 Å². The molecule has 0 saturated carbocycles. The zero-order valence-corrected chi connectivity index (χ0v) is 13.7. The molecule has 1 atom stereocenters. The second-order valence-corrected chi connectivity index (χ2v) is 5.69. The highest BCUT2D eigenvalue weighted by Gasteiger charge is 2.10. The summed E-state index contributed by atoms with van der Waals surface area (Å²) in [6.07, 6.45) is 1.00. The number of anilines is 1. The molecule has 0 spiro atoms. The number of ether oxygens (including phenoxy) is 1. The smallest absolute Gasteiger partial charge is 0.119 e. The van der Waals surface area contributed by atoms with Crippen LogP contribution in [0.5, 0.6) is 5.75 Å². The quantitative estimate of drug-likeness (QED) is 0.708. The first kappa shape index (κ1) is 16.0. The first-order chi connectivity index (χ1) is 10.1. The lowest BCUT2D eigenvalue weighted by Gasteiger charge is -2.18. The van der Waals surface area contributed by atoms with Gasteiger partial charge in [-0.05, 0) is 43.2 Å². The van der Waals surface area contributed by atoms with Crippen LogP contribution >= 0.6 is 23.2 Å². The molecule has 1 unspecified atom stereocenters. The lowest BCUT2D eigenvalue weighted by atomic mass is 10.1. The molecule has 2 rings (SSSR count). The molecule has 2 nitrogen and oxygen atoms in total.